The Balaban J connectivity index is 1.09. The third-order valence-electron chi connectivity index (χ3n) is 7.24. The quantitative estimate of drug-likeness (QED) is 0.328. The Hall–Kier alpha value is -4.56. The molecule has 0 bridgehead atoms. The van der Waals surface area contributed by atoms with Gasteiger partial charge in [0, 0.05) is 44.5 Å². The number of carbonyl (C=O) groups is 1. The maximum atomic E-state index is 13.2. The molecule has 2 aromatic heterocycles. The number of aromatic nitrogens is 3. The van der Waals surface area contributed by atoms with E-state index in [2.05, 4.69) is 19.9 Å². The van der Waals surface area contributed by atoms with E-state index in [1.54, 1.807) is 12.4 Å². The molecule has 1 saturated heterocycles. The summed E-state index contributed by atoms with van der Waals surface area (Å²) in [7, 11) is 0. The first-order valence-corrected chi connectivity index (χ1v) is 13.0. The number of nitrogens with one attached hydrogen (secondary N) is 1. The van der Waals surface area contributed by atoms with Gasteiger partial charge in [0.15, 0.2) is 0 Å². The summed E-state index contributed by atoms with van der Waals surface area (Å²) < 4.78 is 13.2. The van der Waals surface area contributed by atoms with Crippen molar-refractivity contribution in [3.63, 3.8) is 0 Å². The van der Waals surface area contributed by atoms with E-state index in [1.165, 1.54) is 12.1 Å². The summed E-state index contributed by atoms with van der Waals surface area (Å²) in [6.07, 6.45) is 3.73. The van der Waals surface area contributed by atoms with Crippen molar-refractivity contribution in [3.8, 4) is 28.3 Å². The van der Waals surface area contributed by atoms with Gasteiger partial charge >= 0.3 is 0 Å². The molecule has 1 aliphatic heterocycles. The zero-order chi connectivity index (χ0) is 26.8. The molecule has 0 spiro atoms. The molecule has 1 fully saturated rings. The number of imidazole rings is 1. The molecule has 3 heterocycles. The topological polar surface area (TPSA) is 85.3 Å². The molecule has 0 unspecified atom stereocenters. The Labute approximate surface area is 225 Å². The Morgan fingerprint density at radius 1 is 0.897 bits per heavy atom. The lowest BCUT2D eigenvalue weighted by Crippen LogP contribution is -2.48. The van der Waals surface area contributed by atoms with E-state index in [1.807, 2.05) is 65.6 Å². The average molecular weight is 522 g/mol. The molecule has 6 rings (SSSR count). The van der Waals surface area contributed by atoms with Gasteiger partial charge in [0.2, 0.25) is 5.91 Å². The molecule has 39 heavy (non-hydrogen) atoms. The smallest absolute Gasteiger partial charge is 0.227 e. The molecule has 1 aliphatic rings. The molecule has 5 aromatic rings. The first kappa shape index (κ1) is 24.8. The van der Waals surface area contributed by atoms with Crippen LogP contribution in [0.2, 0.25) is 0 Å². The van der Waals surface area contributed by atoms with Gasteiger partial charge in [-0.05, 0) is 41.0 Å². The Kier molecular flexibility index (Phi) is 6.77. The number of rotatable bonds is 6. The lowest BCUT2D eigenvalue weighted by molar-refractivity contribution is -0.132. The van der Waals surface area contributed by atoms with Crippen LogP contribution in [0.1, 0.15) is 11.1 Å². The summed E-state index contributed by atoms with van der Waals surface area (Å²) in [5, 5.41) is 11.1. The first-order valence-electron chi connectivity index (χ1n) is 13.0. The van der Waals surface area contributed by atoms with Crippen molar-refractivity contribution in [3.05, 3.63) is 102 Å². The van der Waals surface area contributed by atoms with E-state index in [-0.39, 0.29) is 17.5 Å². The normalized spacial score (nSPS) is 14.1. The molecule has 0 radical (unpaired) electrons. The zero-order valence-electron chi connectivity index (χ0n) is 21.3. The number of fused-ring (bicyclic) bond motifs is 1. The van der Waals surface area contributed by atoms with E-state index in [0.717, 1.165) is 47.4 Å². The maximum absolute atomic E-state index is 13.2. The van der Waals surface area contributed by atoms with Crippen molar-refractivity contribution >= 4 is 16.9 Å². The number of benzene rings is 3. The highest BCUT2D eigenvalue weighted by Gasteiger charge is 2.21. The largest absolute Gasteiger partial charge is 0.507 e. The number of pyridine rings is 1. The predicted octanol–water partition coefficient (Wildman–Crippen LogP) is 5.02. The standard InChI is InChI=1S/C31H28FN5O2/c32-24-10-6-22(7-11-24)20-36-14-16-37(17-15-36)29(38)18-21-4-8-23(9-5-21)25-2-1-3-26(30(25)39)31-34-27-12-13-33-19-28(27)35-31/h1-13,19,39H,14-18,20H2,(H,34,35). The number of carbonyl (C=O) groups excluding carboxylic acids is 1. The minimum atomic E-state index is -0.229. The van der Waals surface area contributed by atoms with Crippen LogP contribution in [-0.4, -0.2) is 61.9 Å². The second kappa shape index (κ2) is 10.7. The van der Waals surface area contributed by atoms with Crippen LogP contribution in [0.3, 0.4) is 0 Å². The minimum Gasteiger partial charge on any atom is -0.507 e. The second-order valence-corrected chi connectivity index (χ2v) is 9.84. The fourth-order valence-electron chi connectivity index (χ4n) is 5.04. The SMILES string of the molecule is O=C(Cc1ccc(-c2cccc(-c3nc4ccncc4[nH]3)c2O)cc1)N1CCN(Cc2ccc(F)cc2)CC1. The number of H-pyrrole nitrogens is 1. The number of aromatic hydroxyl groups is 1. The van der Waals surface area contributed by atoms with Gasteiger partial charge in [-0.15, -0.1) is 0 Å². The van der Waals surface area contributed by atoms with Crippen molar-refractivity contribution in [2.24, 2.45) is 0 Å². The minimum absolute atomic E-state index is 0.105. The third-order valence-corrected chi connectivity index (χ3v) is 7.24. The summed E-state index contributed by atoms with van der Waals surface area (Å²) in [5.41, 5.74) is 5.76. The number of phenols is 1. The van der Waals surface area contributed by atoms with Gasteiger partial charge in [0.25, 0.3) is 0 Å². The molecule has 0 aliphatic carbocycles. The molecule has 7 nitrogen and oxygen atoms in total. The molecule has 0 atom stereocenters. The molecule has 2 N–H and O–H groups in total. The molecular weight excluding hydrogens is 493 g/mol. The van der Waals surface area contributed by atoms with Gasteiger partial charge in [-0.2, -0.15) is 0 Å². The van der Waals surface area contributed by atoms with Crippen LogP contribution in [0.5, 0.6) is 5.75 Å². The molecular formula is C31H28FN5O2. The van der Waals surface area contributed by atoms with Crippen molar-refractivity contribution in [2.75, 3.05) is 26.2 Å². The van der Waals surface area contributed by atoms with Crippen LogP contribution in [0, 0.1) is 5.82 Å². The fraction of sp³-hybridized carbons (Fsp3) is 0.194. The van der Waals surface area contributed by atoms with Gasteiger partial charge in [0.1, 0.15) is 17.4 Å². The van der Waals surface area contributed by atoms with Gasteiger partial charge in [-0.25, -0.2) is 9.37 Å². The van der Waals surface area contributed by atoms with Crippen LogP contribution in [0.4, 0.5) is 4.39 Å². The van der Waals surface area contributed by atoms with E-state index >= 15 is 0 Å². The highest BCUT2D eigenvalue weighted by atomic mass is 19.1. The number of para-hydroxylation sites is 1. The van der Waals surface area contributed by atoms with E-state index in [0.29, 0.717) is 36.5 Å². The maximum Gasteiger partial charge on any atom is 0.227 e. The van der Waals surface area contributed by atoms with E-state index in [9.17, 15) is 14.3 Å². The number of nitrogens with zero attached hydrogens (tertiary/aromatic N) is 4. The zero-order valence-corrected chi connectivity index (χ0v) is 21.3. The fourth-order valence-corrected chi connectivity index (χ4v) is 5.04. The van der Waals surface area contributed by atoms with Crippen LogP contribution in [0.25, 0.3) is 33.5 Å². The van der Waals surface area contributed by atoms with Crippen LogP contribution >= 0.6 is 0 Å². The van der Waals surface area contributed by atoms with E-state index < -0.39 is 0 Å². The van der Waals surface area contributed by atoms with Crippen molar-refractivity contribution in [2.45, 2.75) is 13.0 Å². The van der Waals surface area contributed by atoms with Crippen molar-refractivity contribution in [1.29, 1.82) is 0 Å². The van der Waals surface area contributed by atoms with Gasteiger partial charge in [-0.3, -0.25) is 14.7 Å². The lowest BCUT2D eigenvalue weighted by atomic mass is 9.99. The molecule has 1 amide bonds. The number of hydrogen-bond acceptors (Lipinski definition) is 5. The summed E-state index contributed by atoms with van der Waals surface area (Å²) in [4.78, 5) is 29.1. The highest BCUT2D eigenvalue weighted by Crippen LogP contribution is 2.37. The van der Waals surface area contributed by atoms with Crippen molar-refractivity contribution in [1.82, 2.24) is 24.8 Å². The average Bonchev–Trinajstić information content (AvgIpc) is 3.39. The second-order valence-electron chi connectivity index (χ2n) is 9.84. The van der Waals surface area contributed by atoms with E-state index in [4.69, 9.17) is 0 Å². The highest BCUT2D eigenvalue weighted by molar-refractivity contribution is 5.84. The molecule has 0 saturated carbocycles. The van der Waals surface area contributed by atoms with Crippen LogP contribution in [-0.2, 0) is 17.8 Å². The summed E-state index contributed by atoms with van der Waals surface area (Å²) in [6, 6.07) is 21.8. The first-order chi connectivity index (χ1) is 19.0. The van der Waals surface area contributed by atoms with Gasteiger partial charge in [0.05, 0.1) is 29.2 Å². The summed E-state index contributed by atoms with van der Waals surface area (Å²) in [5.74, 6) is 0.603. The summed E-state index contributed by atoms with van der Waals surface area (Å²) in [6.45, 7) is 3.69. The molecule has 3 aromatic carbocycles. The van der Waals surface area contributed by atoms with Gasteiger partial charge < -0.3 is 15.0 Å². The number of phenolic OH excluding ortho intramolecular Hbond substituents is 1. The molecule has 8 heteroatoms. The predicted molar refractivity (Wildman–Crippen MR) is 148 cm³/mol. The Bertz CT molecular complexity index is 1570. The Morgan fingerprint density at radius 3 is 2.36 bits per heavy atom. The van der Waals surface area contributed by atoms with Gasteiger partial charge in [-0.1, -0.05) is 48.5 Å². The number of halogens is 1. The number of piperazine rings is 1. The third kappa shape index (κ3) is 5.37. The Morgan fingerprint density at radius 2 is 1.62 bits per heavy atom. The monoisotopic (exact) mass is 521 g/mol. The van der Waals surface area contributed by atoms with Crippen molar-refractivity contribution < 1.29 is 14.3 Å². The molecule has 196 valence electrons. The summed E-state index contributed by atoms with van der Waals surface area (Å²) >= 11 is 0. The van der Waals surface area contributed by atoms with Crippen LogP contribution < -0.4 is 0 Å². The number of aromatic amines is 1. The number of amides is 1. The number of hydrogen-bond donors (Lipinski definition) is 2. The van der Waals surface area contributed by atoms with Crippen LogP contribution in [0.15, 0.2) is 85.2 Å². The lowest BCUT2D eigenvalue weighted by Gasteiger charge is -2.34.